The molecule has 2 amide bonds. The molecule has 1 saturated heterocycles. The van der Waals surface area contributed by atoms with Crippen LogP contribution in [-0.4, -0.2) is 62.0 Å². The van der Waals surface area contributed by atoms with E-state index in [0.29, 0.717) is 31.7 Å². The highest BCUT2D eigenvalue weighted by molar-refractivity contribution is 5.78. The molecule has 1 atom stereocenters. The van der Waals surface area contributed by atoms with Crippen LogP contribution in [0, 0.1) is 0 Å². The molecular weight excluding hydrogens is 348 g/mol. The summed E-state index contributed by atoms with van der Waals surface area (Å²) in [6.45, 7) is 5.17. The molecule has 0 bridgehead atoms. The van der Waals surface area contributed by atoms with Gasteiger partial charge < -0.3 is 14.4 Å². The first-order chi connectivity index (χ1) is 13.0. The molecule has 0 aliphatic carbocycles. The van der Waals surface area contributed by atoms with Crippen molar-refractivity contribution in [2.45, 2.75) is 32.2 Å². The van der Waals surface area contributed by atoms with E-state index in [-0.39, 0.29) is 24.3 Å². The van der Waals surface area contributed by atoms with Gasteiger partial charge in [0.15, 0.2) is 11.5 Å². The molecule has 150 valence electrons. The Hall–Kier alpha value is -2.32. The van der Waals surface area contributed by atoms with Gasteiger partial charge in [-0.3, -0.25) is 19.9 Å². The van der Waals surface area contributed by atoms with Crippen LogP contribution >= 0.6 is 0 Å². The van der Waals surface area contributed by atoms with Gasteiger partial charge >= 0.3 is 0 Å². The number of ether oxygens (including phenoxy) is 2. The second kappa shape index (κ2) is 10.1. The number of nitrogens with two attached hydrogens (primary N) is 1. The van der Waals surface area contributed by atoms with Crippen molar-refractivity contribution in [2.24, 2.45) is 5.84 Å². The average Bonchev–Trinajstić information content (AvgIpc) is 2.72. The van der Waals surface area contributed by atoms with E-state index in [2.05, 4.69) is 17.2 Å². The minimum atomic E-state index is -0.239. The second-order valence-corrected chi connectivity index (χ2v) is 6.63. The normalized spacial score (nSPS) is 15.9. The topological polar surface area (TPSA) is 97.1 Å². The van der Waals surface area contributed by atoms with E-state index in [1.165, 1.54) is 0 Å². The largest absolute Gasteiger partial charge is 0.493 e. The Balaban J connectivity index is 1.86. The van der Waals surface area contributed by atoms with E-state index in [1.54, 1.807) is 14.2 Å². The first-order valence-corrected chi connectivity index (χ1v) is 9.23. The van der Waals surface area contributed by atoms with E-state index in [1.807, 2.05) is 23.1 Å². The SMILES string of the molecule is COc1ccc(C(C)N2CCN(C(=O)CCCC(=O)NN)CC2)cc1OC. The van der Waals surface area contributed by atoms with Crippen molar-refractivity contribution in [2.75, 3.05) is 40.4 Å². The molecular formula is C19H30N4O4. The molecule has 1 fully saturated rings. The van der Waals surface area contributed by atoms with Gasteiger partial charge in [-0.05, 0) is 31.0 Å². The van der Waals surface area contributed by atoms with Gasteiger partial charge in [-0.25, -0.2) is 5.84 Å². The number of hydrogen-bond donors (Lipinski definition) is 2. The first-order valence-electron chi connectivity index (χ1n) is 9.23. The third-order valence-electron chi connectivity index (χ3n) is 5.06. The number of carbonyl (C=O) groups excluding carboxylic acids is 2. The maximum atomic E-state index is 12.3. The smallest absolute Gasteiger partial charge is 0.233 e. The predicted octanol–water partition coefficient (Wildman–Crippen LogP) is 1.07. The Kier molecular flexibility index (Phi) is 7.87. The van der Waals surface area contributed by atoms with Gasteiger partial charge in [0.1, 0.15) is 0 Å². The fourth-order valence-corrected chi connectivity index (χ4v) is 3.31. The van der Waals surface area contributed by atoms with Gasteiger partial charge in [0.25, 0.3) is 0 Å². The molecule has 1 heterocycles. The average molecular weight is 378 g/mol. The number of rotatable bonds is 8. The zero-order valence-corrected chi connectivity index (χ0v) is 16.4. The van der Waals surface area contributed by atoms with Crippen molar-refractivity contribution in [3.63, 3.8) is 0 Å². The molecule has 0 spiro atoms. The fraction of sp³-hybridized carbons (Fsp3) is 0.579. The molecule has 0 aromatic heterocycles. The Bertz CT molecular complexity index is 645. The number of methoxy groups -OCH3 is 2. The second-order valence-electron chi connectivity index (χ2n) is 6.63. The lowest BCUT2D eigenvalue weighted by Gasteiger charge is -2.38. The van der Waals surface area contributed by atoms with Crippen LogP contribution in [0.5, 0.6) is 11.5 Å². The molecule has 8 nitrogen and oxygen atoms in total. The van der Waals surface area contributed by atoms with E-state index in [9.17, 15) is 9.59 Å². The molecule has 1 unspecified atom stereocenters. The monoisotopic (exact) mass is 378 g/mol. The van der Waals surface area contributed by atoms with Gasteiger partial charge in [0, 0.05) is 45.1 Å². The van der Waals surface area contributed by atoms with Crippen molar-refractivity contribution in [1.29, 1.82) is 0 Å². The maximum Gasteiger partial charge on any atom is 0.233 e. The highest BCUT2D eigenvalue weighted by Gasteiger charge is 2.25. The Morgan fingerprint density at radius 3 is 2.37 bits per heavy atom. The fourth-order valence-electron chi connectivity index (χ4n) is 3.31. The Labute approximate surface area is 160 Å². The van der Waals surface area contributed by atoms with Crippen LogP contribution in [-0.2, 0) is 9.59 Å². The lowest BCUT2D eigenvalue weighted by molar-refractivity contribution is -0.133. The Morgan fingerprint density at radius 1 is 1.11 bits per heavy atom. The number of benzene rings is 1. The minimum Gasteiger partial charge on any atom is -0.493 e. The first kappa shape index (κ1) is 21.0. The number of hydrazine groups is 1. The highest BCUT2D eigenvalue weighted by atomic mass is 16.5. The predicted molar refractivity (Wildman–Crippen MR) is 102 cm³/mol. The number of carbonyl (C=O) groups is 2. The molecule has 1 aromatic rings. The lowest BCUT2D eigenvalue weighted by atomic mass is 10.0. The van der Waals surface area contributed by atoms with Crippen molar-refractivity contribution in [3.05, 3.63) is 23.8 Å². The molecule has 3 N–H and O–H groups in total. The van der Waals surface area contributed by atoms with E-state index >= 15 is 0 Å². The van der Waals surface area contributed by atoms with E-state index in [0.717, 1.165) is 24.4 Å². The number of nitrogens with zero attached hydrogens (tertiary/aromatic N) is 2. The Morgan fingerprint density at radius 2 is 1.78 bits per heavy atom. The van der Waals surface area contributed by atoms with Gasteiger partial charge in [-0.1, -0.05) is 6.07 Å². The van der Waals surface area contributed by atoms with Crippen LogP contribution in [0.15, 0.2) is 18.2 Å². The number of amides is 2. The quantitative estimate of drug-likeness (QED) is 0.399. The van der Waals surface area contributed by atoms with Crippen LogP contribution in [0.1, 0.15) is 37.8 Å². The van der Waals surface area contributed by atoms with Crippen LogP contribution < -0.4 is 20.7 Å². The van der Waals surface area contributed by atoms with Crippen molar-refractivity contribution in [1.82, 2.24) is 15.2 Å². The minimum absolute atomic E-state index is 0.0956. The van der Waals surface area contributed by atoms with Crippen molar-refractivity contribution in [3.8, 4) is 11.5 Å². The third-order valence-corrected chi connectivity index (χ3v) is 5.06. The highest BCUT2D eigenvalue weighted by Crippen LogP contribution is 2.32. The summed E-state index contributed by atoms with van der Waals surface area (Å²) in [5.74, 6) is 6.33. The summed E-state index contributed by atoms with van der Waals surface area (Å²) in [6, 6.07) is 6.19. The summed E-state index contributed by atoms with van der Waals surface area (Å²) in [7, 11) is 3.26. The number of piperazine rings is 1. The summed E-state index contributed by atoms with van der Waals surface area (Å²) in [4.78, 5) is 27.6. The molecule has 27 heavy (non-hydrogen) atoms. The summed E-state index contributed by atoms with van der Waals surface area (Å²) in [5, 5.41) is 0. The zero-order chi connectivity index (χ0) is 19.8. The molecule has 8 heteroatoms. The molecule has 1 aliphatic rings. The van der Waals surface area contributed by atoms with E-state index < -0.39 is 0 Å². The van der Waals surface area contributed by atoms with Gasteiger partial charge in [-0.15, -0.1) is 0 Å². The molecule has 0 radical (unpaired) electrons. The van der Waals surface area contributed by atoms with Crippen LogP contribution in [0.3, 0.4) is 0 Å². The molecule has 1 aliphatic heterocycles. The lowest BCUT2D eigenvalue weighted by Crippen LogP contribution is -2.49. The third kappa shape index (κ3) is 5.58. The molecule has 1 aromatic carbocycles. The summed E-state index contributed by atoms with van der Waals surface area (Å²) >= 11 is 0. The molecule has 0 saturated carbocycles. The van der Waals surface area contributed by atoms with Crippen molar-refractivity contribution >= 4 is 11.8 Å². The summed E-state index contributed by atoms with van der Waals surface area (Å²) < 4.78 is 10.7. The van der Waals surface area contributed by atoms with Gasteiger partial charge in [0.05, 0.1) is 14.2 Å². The summed E-state index contributed by atoms with van der Waals surface area (Å²) in [5.41, 5.74) is 3.23. The number of nitrogens with one attached hydrogen (secondary N) is 1. The standard InChI is InChI=1S/C19H30N4O4/c1-14(15-7-8-16(26-2)17(13-15)27-3)22-9-11-23(12-10-22)19(25)6-4-5-18(24)21-20/h7-8,13-14H,4-6,9-12,20H2,1-3H3,(H,21,24). The number of hydrogen-bond acceptors (Lipinski definition) is 6. The maximum absolute atomic E-state index is 12.3. The van der Waals surface area contributed by atoms with Gasteiger partial charge in [-0.2, -0.15) is 0 Å². The zero-order valence-electron chi connectivity index (χ0n) is 16.4. The van der Waals surface area contributed by atoms with Gasteiger partial charge in [0.2, 0.25) is 11.8 Å². The van der Waals surface area contributed by atoms with E-state index in [4.69, 9.17) is 15.3 Å². The van der Waals surface area contributed by atoms with Crippen molar-refractivity contribution < 1.29 is 19.1 Å². The van der Waals surface area contributed by atoms with Crippen LogP contribution in [0.2, 0.25) is 0 Å². The molecule has 2 rings (SSSR count). The van der Waals surface area contributed by atoms with Crippen LogP contribution in [0.4, 0.5) is 0 Å². The summed E-state index contributed by atoms with van der Waals surface area (Å²) in [6.07, 6.45) is 1.17. The van der Waals surface area contributed by atoms with Crippen LogP contribution in [0.25, 0.3) is 0 Å².